The zero-order chi connectivity index (χ0) is 12.1. The van der Waals surface area contributed by atoms with E-state index in [4.69, 9.17) is 0 Å². The first kappa shape index (κ1) is 12.1. The Morgan fingerprint density at radius 2 is 2.18 bits per heavy atom. The Hall–Kier alpha value is -1.41. The van der Waals surface area contributed by atoms with E-state index in [0.29, 0.717) is 12.2 Å². The average Bonchev–Trinajstić information content (AvgIpc) is 2.38. The molecule has 0 spiro atoms. The van der Waals surface area contributed by atoms with Crippen molar-refractivity contribution in [3.05, 3.63) is 48.0 Å². The van der Waals surface area contributed by atoms with Gasteiger partial charge < -0.3 is 5.32 Å². The van der Waals surface area contributed by atoms with Gasteiger partial charge in [-0.05, 0) is 30.4 Å². The standard InChI is InChI=1S/C15H19NO/c1-2-3-4-9-15(17)14-10-12-7-5-6-8-13(12)11-16-14/h2,5-8,14,16H,1,3-4,9-11H2. The number of allylic oxidation sites excluding steroid dienone is 1. The van der Waals surface area contributed by atoms with Gasteiger partial charge in [0.1, 0.15) is 5.78 Å². The molecule has 1 N–H and O–H groups in total. The second-order valence-corrected chi connectivity index (χ2v) is 4.55. The van der Waals surface area contributed by atoms with Gasteiger partial charge in [-0.3, -0.25) is 4.79 Å². The normalized spacial score (nSPS) is 18.5. The van der Waals surface area contributed by atoms with E-state index in [0.717, 1.165) is 25.8 Å². The van der Waals surface area contributed by atoms with Crippen LogP contribution in [0.2, 0.25) is 0 Å². The third-order valence-electron chi connectivity index (χ3n) is 3.30. The van der Waals surface area contributed by atoms with E-state index in [-0.39, 0.29) is 6.04 Å². The van der Waals surface area contributed by atoms with Gasteiger partial charge in [0.2, 0.25) is 0 Å². The monoisotopic (exact) mass is 229 g/mol. The number of carbonyl (C=O) groups excluding carboxylic acids is 1. The van der Waals surface area contributed by atoms with Crippen LogP contribution in [-0.4, -0.2) is 11.8 Å². The largest absolute Gasteiger partial charge is 0.303 e. The molecule has 17 heavy (non-hydrogen) atoms. The van der Waals surface area contributed by atoms with Crippen molar-refractivity contribution in [3.63, 3.8) is 0 Å². The number of ketones is 1. The van der Waals surface area contributed by atoms with Crippen molar-refractivity contribution in [1.29, 1.82) is 0 Å². The quantitative estimate of drug-likeness (QED) is 0.621. The number of nitrogens with one attached hydrogen (secondary N) is 1. The van der Waals surface area contributed by atoms with Gasteiger partial charge >= 0.3 is 0 Å². The summed E-state index contributed by atoms with van der Waals surface area (Å²) in [5.41, 5.74) is 2.64. The van der Waals surface area contributed by atoms with Crippen LogP contribution in [0.3, 0.4) is 0 Å². The number of benzene rings is 1. The van der Waals surface area contributed by atoms with Crippen LogP contribution in [0.15, 0.2) is 36.9 Å². The van der Waals surface area contributed by atoms with Gasteiger partial charge in [0.15, 0.2) is 0 Å². The Kier molecular flexibility index (Phi) is 4.10. The molecular weight excluding hydrogens is 210 g/mol. The predicted molar refractivity (Wildman–Crippen MR) is 69.8 cm³/mol. The summed E-state index contributed by atoms with van der Waals surface area (Å²) < 4.78 is 0. The van der Waals surface area contributed by atoms with Crippen LogP contribution in [0.5, 0.6) is 0 Å². The number of carbonyl (C=O) groups is 1. The van der Waals surface area contributed by atoms with Crippen molar-refractivity contribution in [3.8, 4) is 0 Å². The van der Waals surface area contributed by atoms with Crippen molar-refractivity contribution in [1.82, 2.24) is 5.32 Å². The lowest BCUT2D eigenvalue weighted by Crippen LogP contribution is -2.41. The van der Waals surface area contributed by atoms with Gasteiger partial charge in [0.25, 0.3) is 0 Å². The summed E-state index contributed by atoms with van der Waals surface area (Å²) in [6.45, 7) is 4.49. The van der Waals surface area contributed by atoms with Crippen molar-refractivity contribution >= 4 is 5.78 Å². The number of unbranched alkanes of at least 4 members (excludes halogenated alkanes) is 1. The maximum Gasteiger partial charge on any atom is 0.150 e. The first-order chi connectivity index (χ1) is 8.31. The van der Waals surface area contributed by atoms with Crippen LogP contribution in [0, 0.1) is 0 Å². The Labute approximate surface area is 103 Å². The molecule has 90 valence electrons. The van der Waals surface area contributed by atoms with Crippen molar-refractivity contribution in [2.45, 2.75) is 38.3 Å². The maximum absolute atomic E-state index is 12.0. The van der Waals surface area contributed by atoms with E-state index in [1.54, 1.807) is 0 Å². The third-order valence-corrected chi connectivity index (χ3v) is 3.30. The SMILES string of the molecule is C=CCCCC(=O)C1Cc2ccccc2CN1. The molecule has 0 saturated heterocycles. The number of fused-ring (bicyclic) bond motifs is 1. The summed E-state index contributed by atoms with van der Waals surface area (Å²) in [7, 11) is 0. The molecular formula is C15H19NO. The summed E-state index contributed by atoms with van der Waals surface area (Å²) in [6.07, 6.45) is 5.21. The average molecular weight is 229 g/mol. The molecule has 1 aromatic carbocycles. The van der Waals surface area contributed by atoms with E-state index >= 15 is 0 Å². The van der Waals surface area contributed by atoms with E-state index in [1.807, 2.05) is 18.2 Å². The lowest BCUT2D eigenvalue weighted by atomic mass is 9.92. The topological polar surface area (TPSA) is 29.1 Å². The number of hydrogen-bond acceptors (Lipinski definition) is 2. The van der Waals surface area contributed by atoms with E-state index in [2.05, 4.69) is 24.0 Å². The Bertz CT molecular complexity index is 411. The second-order valence-electron chi connectivity index (χ2n) is 4.55. The zero-order valence-electron chi connectivity index (χ0n) is 10.1. The Balaban J connectivity index is 1.93. The second kappa shape index (κ2) is 5.78. The number of hydrogen-bond donors (Lipinski definition) is 1. The summed E-state index contributed by atoms with van der Waals surface area (Å²) in [6, 6.07) is 8.35. The fourth-order valence-corrected chi connectivity index (χ4v) is 2.28. The maximum atomic E-state index is 12.0. The van der Waals surface area contributed by atoms with Crippen molar-refractivity contribution in [2.75, 3.05) is 0 Å². The van der Waals surface area contributed by atoms with Crippen LogP contribution in [0.4, 0.5) is 0 Å². The minimum Gasteiger partial charge on any atom is -0.303 e. The molecule has 0 aromatic heterocycles. The molecule has 2 rings (SSSR count). The van der Waals surface area contributed by atoms with E-state index in [9.17, 15) is 4.79 Å². The van der Waals surface area contributed by atoms with Crippen LogP contribution < -0.4 is 5.32 Å². The Morgan fingerprint density at radius 3 is 2.94 bits per heavy atom. The molecule has 0 amide bonds. The molecule has 0 saturated carbocycles. The van der Waals surface area contributed by atoms with Gasteiger partial charge in [-0.2, -0.15) is 0 Å². The summed E-state index contributed by atoms with van der Waals surface area (Å²) in [4.78, 5) is 12.0. The molecule has 0 bridgehead atoms. The highest BCUT2D eigenvalue weighted by Gasteiger charge is 2.22. The smallest absolute Gasteiger partial charge is 0.150 e. The van der Waals surface area contributed by atoms with Gasteiger partial charge in [-0.1, -0.05) is 30.3 Å². The summed E-state index contributed by atoms with van der Waals surface area (Å²) in [5, 5.41) is 3.33. The van der Waals surface area contributed by atoms with E-state index < -0.39 is 0 Å². The molecule has 1 aromatic rings. The Morgan fingerprint density at radius 1 is 1.41 bits per heavy atom. The molecule has 1 aliphatic heterocycles. The lowest BCUT2D eigenvalue weighted by molar-refractivity contribution is -0.121. The van der Waals surface area contributed by atoms with Gasteiger partial charge in [-0.15, -0.1) is 6.58 Å². The van der Waals surface area contributed by atoms with Gasteiger partial charge in [-0.25, -0.2) is 0 Å². The molecule has 0 radical (unpaired) electrons. The highest BCUT2D eigenvalue weighted by molar-refractivity contribution is 5.84. The molecule has 2 nitrogen and oxygen atoms in total. The predicted octanol–water partition coefficient (Wildman–Crippen LogP) is 2.63. The summed E-state index contributed by atoms with van der Waals surface area (Å²) >= 11 is 0. The zero-order valence-corrected chi connectivity index (χ0v) is 10.1. The first-order valence-corrected chi connectivity index (χ1v) is 6.25. The molecule has 1 atom stereocenters. The van der Waals surface area contributed by atoms with Crippen LogP contribution >= 0.6 is 0 Å². The minimum atomic E-state index is 0.00900. The molecule has 1 heterocycles. The first-order valence-electron chi connectivity index (χ1n) is 6.25. The number of rotatable bonds is 5. The molecule has 1 unspecified atom stereocenters. The number of Topliss-reactive ketones (excluding diaryl/α,β-unsaturated/α-hetero) is 1. The highest BCUT2D eigenvalue weighted by Crippen LogP contribution is 2.17. The van der Waals surface area contributed by atoms with E-state index in [1.165, 1.54) is 11.1 Å². The molecule has 0 fully saturated rings. The van der Waals surface area contributed by atoms with Gasteiger partial charge in [0.05, 0.1) is 6.04 Å². The third kappa shape index (κ3) is 3.04. The minimum absolute atomic E-state index is 0.00900. The fourth-order valence-electron chi connectivity index (χ4n) is 2.28. The fraction of sp³-hybridized carbons (Fsp3) is 0.400. The molecule has 2 heteroatoms. The summed E-state index contributed by atoms with van der Waals surface area (Å²) in [5.74, 6) is 0.335. The van der Waals surface area contributed by atoms with Gasteiger partial charge in [0, 0.05) is 13.0 Å². The van der Waals surface area contributed by atoms with Crippen molar-refractivity contribution in [2.24, 2.45) is 0 Å². The van der Waals surface area contributed by atoms with Crippen LogP contribution in [-0.2, 0) is 17.8 Å². The molecule has 0 aliphatic carbocycles. The van der Waals surface area contributed by atoms with Crippen molar-refractivity contribution < 1.29 is 4.79 Å². The van der Waals surface area contributed by atoms with Crippen LogP contribution in [0.1, 0.15) is 30.4 Å². The highest BCUT2D eigenvalue weighted by atomic mass is 16.1. The molecule has 1 aliphatic rings. The van der Waals surface area contributed by atoms with Crippen LogP contribution in [0.25, 0.3) is 0 Å². The lowest BCUT2D eigenvalue weighted by Gasteiger charge is -2.25.